The average molecular weight is 406 g/mol. The Labute approximate surface area is 164 Å². The van der Waals surface area contributed by atoms with Gasteiger partial charge in [-0.05, 0) is 36.4 Å². The Morgan fingerprint density at radius 3 is 2.11 bits per heavy atom. The minimum absolute atomic E-state index is 0.169. The van der Waals surface area contributed by atoms with E-state index < -0.39 is 15.9 Å². The predicted molar refractivity (Wildman–Crippen MR) is 104 cm³/mol. The number of anilines is 1. The molecule has 1 fully saturated rings. The van der Waals surface area contributed by atoms with E-state index in [-0.39, 0.29) is 10.5 Å². The number of nitrogens with one attached hydrogen (secondary N) is 1. The number of rotatable bonds is 6. The topological polar surface area (TPSA) is 94.2 Å². The Hall–Kier alpha value is -2.62. The molecular weight excluding hydrogens is 384 g/mol. The van der Waals surface area contributed by atoms with Crippen molar-refractivity contribution >= 4 is 21.6 Å². The summed E-state index contributed by atoms with van der Waals surface area (Å²) < 4.78 is 42.4. The van der Waals surface area contributed by atoms with Gasteiger partial charge in [0.2, 0.25) is 10.0 Å². The van der Waals surface area contributed by atoms with Crippen LogP contribution in [0, 0.1) is 0 Å². The normalized spacial score (nSPS) is 15.1. The van der Waals surface area contributed by atoms with Gasteiger partial charge in [-0.2, -0.15) is 4.31 Å². The van der Waals surface area contributed by atoms with Crippen LogP contribution in [0.5, 0.6) is 11.5 Å². The highest BCUT2D eigenvalue weighted by atomic mass is 32.2. The van der Waals surface area contributed by atoms with E-state index in [4.69, 9.17) is 14.2 Å². The van der Waals surface area contributed by atoms with Gasteiger partial charge >= 0.3 is 0 Å². The summed E-state index contributed by atoms with van der Waals surface area (Å²) >= 11 is 0. The van der Waals surface area contributed by atoms with Crippen LogP contribution in [0.2, 0.25) is 0 Å². The molecule has 1 aliphatic rings. The number of carbonyl (C=O) groups excluding carboxylic acids is 1. The molecule has 8 nitrogen and oxygen atoms in total. The largest absolute Gasteiger partial charge is 0.496 e. The van der Waals surface area contributed by atoms with Crippen LogP contribution < -0.4 is 14.8 Å². The van der Waals surface area contributed by atoms with Crippen LogP contribution in [0.1, 0.15) is 10.4 Å². The van der Waals surface area contributed by atoms with Crippen molar-refractivity contribution < 1.29 is 27.4 Å². The molecule has 1 saturated heterocycles. The molecule has 0 spiro atoms. The second-order valence-corrected chi connectivity index (χ2v) is 7.97. The zero-order chi connectivity index (χ0) is 20.1. The van der Waals surface area contributed by atoms with Crippen molar-refractivity contribution in [2.24, 2.45) is 0 Å². The molecule has 1 N–H and O–H groups in total. The van der Waals surface area contributed by atoms with Crippen LogP contribution in [0.4, 0.5) is 5.69 Å². The van der Waals surface area contributed by atoms with Crippen molar-refractivity contribution in [3.8, 4) is 11.5 Å². The van der Waals surface area contributed by atoms with E-state index in [0.717, 1.165) is 0 Å². The summed E-state index contributed by atoms with van der Waals surface area (Å²) in [6.45, 7) is 1.42. The molecule has 150 valence electrons. The lowest BCUT2D eigenvalue weighted by Gasteiger charge is -2.26. The molecule has 2 aromatic carbocycles. The van der Waals surface area contributed by atoms with Gasteiger partial charge in [0.15, 0.2) is 0 Å². The van der Waals surface area contributed by atoms with Gasteiger partial charge in [0, 0.05) is 18.8 Å². The molecule has 1 heterocycles. The smallest absolute Gasteiger partial charge is 0.263 e. The molecule has 2 aromatic rings. The number of carbonyl (C=O) groups is 1. The maximum Gasteiger partial charge on any atom is 0.263 e. The number of hydrogen-bond acceptors (Lipinski definition) is 6. The third-order valence-electron chi connectivity index (χ3n) is 4.37. The molecule has 0 aromatic heterocycles. The fraction of sp³-hybridized carbons (Fsp3) is 0.316. The third-order valence-corrected chi connectivity index (χ3v) is 6.29. The van der Waals surface area contributed by atoms with Crippen molar-refractivity contribution in [1.82, 2.24) is 4.31 Å². The van der Waals surface area contributed by atoms with E-state index in [1.165, 1.54) is 30.7 Å². The van der Waals surface area contributed by atoms with Crippen molar-refractivity contribution in [3.05, 3.63) is 48.0 Å². The summed E-state index contributed by atoms with van der Waals surface area (Å²) in [4.78, 5) is 12.9. The van der Waals surface area contributed by atoms with Crippen molar-refractivity contribution in [3.63, 3.8) is 0 Å². The SMILES string of the molecule is COc1cccc(OC)c1C(=O)Nc1ccc(S(=O)(=O)N2CCOCC2)cc1. The Balaban J connectivity index is 1.79. The zero-order valence-electron chi connectivity index (χ0n) is 15.7. The summed E-state index contributed by atoms with van der Waals surface area (Å²) in [5.41, 5.74) is 0.719. The van der Waals surface area contributed by atoms with E-state index in [2.05, 4.69) is 5.32 Å². The van der Waals surface area contributed by atoms with Crippen LogP contribution >= 0.6 is 0 Å². The van der Waals surface area contributed by atoms with E-state index in [0.29, 0.717) is 43.5 Å². The van der Waals surface area contributed by atoms with Crippen LogP contribution in [0.3, 0.4) is 0 Å². The first-order chi connectivity index (χ1) is 13.5. The summed E-state index contributed by atoms with van der Waals surface area (Å²) in [7, 11) is -0.642. The number of benzene rings is 2. The van der Waals surface area contributed by atoms with Crippen molar-refractivity contribution in [1.29, 1.82) is 0 Å². The Morgan fingerprint density at radius 2 is 1.57 bits per heavy atom. The molecule has 0 aliphatic carbocycles. The third kappa shape index (κ3) is 4.11. The molecule has 1 aliphatic heterocycles. The first-order valence-electron chi connectivity index (χ1n) is 8.67. The standard InChI is InChI=1S/C19H22N2O6S/c1-25-16-4-3-5-17(26-2)18(16)19(22)20-14-6-8-15(9-7-14)28(23,24)21-10-12-27-13-11-21/h3-9H,10-13H2,1-2H3,(H,20,22). The predicted octanol–water partition coefficient (Wildman–Crippen LogP) is 1.98. The van der Waals surface area contributed by atoms with Gasteiger partial charge in [0.05, 0.1) is 32.3 Å². The highest BCUT2D eigenvalue weighted by Crippen LogP contribution is 2.29. The molecule has 0 unspecified atom stereocenters. The van der Waals surface area contributed by atoms with Gasteiger partial charge in [-0.25, -0.2) is 8.42 Å². The van der Waals surface area contributed by atoms with Crippen LogP contribution in [0.25, 0.3) is 0 Å². The van der Waals surface area contributed by atoms with E-state index in [1.807, 2.05) is 0 Å². The molecule has 3 rings (SSSR count). The Morgan fingerprint density at radius 1 is 1.00 bits per heavy atom. The van der Waals surface area contributed by atoms with Crippen LogP contribution in [-0.2, 0) is 14.8 Å². The van der Waals surface area contributed by atoms with Crippen molar-refractivity contribution in [2.75, 3.05) is 45.8 Å². The second-order valence-electron chi connectivity index (χ2n) is 6.03. The second kappa shape index (κ2) is 8.59. The van der Waals surface area contributed by atoms with Gasteiger partial charge < -0.3 is 19.5 Å². The number of ether oxygens (including phenoxy) is 3. The summed E-state index contributed by atoms with van der Waals surface area (Å²) in [5, 5.41) is 2.74. The fourth-order valence-corrected chi connectivity index (χ4v) is 4.32. The van der Waals surface area contributed by atoms with Gasteiger partial charge in [-0.15, -0.1) is 0 Å². The highest BCUT2D eigenvalue weighted by Gasteiger charge is 2.26. The van der Waals surface area contributed by atoms with Gasteiger partial charge in [0.1, 0.15) is 17.1 Å². The van der Waals surface area contributed by atoms with Gasteiger partial charge in [-0.1, -0.05) is 6.07 Å². The molecule has 0 atom stereocenters. The Kier molecular flexibility index (Phi) is 6.18. The van der Waals surface area contributed by atoms with E-state index >= 15 is 0 Å². The summed E-state index contributed by atoms with van der Waals surface area (Å²) in [5.74, 6) is 0.338. The molecule has 28 heavy (non-hydrogen) atoms. The minimum atomic E-state index is -3.58. The van der Waals surface area contributed by atoms with Gasteiger partial charge in [0.25, 0.3) is 5.91 Å². The van der Waals surface area contributed by atoms with Crippen LogP contribution in [-0.4, -0.2) is 59.2 Å². The first kappa shape index (κ1) is 20.1. The number of morpholine rings is 1. The maximum absolute atomic E-state index is 12.7. The lowest BCUT2D eigenvalue weighted by molar-refractivity contribution is 0.0730. The lowest BCUT2D eigenvalue weighted by atomic mass is 10.1. The van der Waals surface area contributed by atoms with E-state index in [9.17, 15) is 13.2 Å². The molecule has 1 amide bonds. The molecular formula is C19H22N2O6S. The maximum atomic E-state index is 12.7. The number of sulfonamides is 1. The number of nitrogens with zero attached hydrogens (tertiary/aromatic N) is 1. The first-order valence-corrected chi connectivity index (χ1v) is 10.1. The van der Waals surface area contributed by atoms with Crippen molar-refractivity contribution in [2.45, 2.75) is 4.90 Å². The summed E-state index contributed by atoms with van der Waals surface area (Å²) in [6.07, 6.45) is 0. The fourth-order valence-electron chi connectivity index (χ4n) is 2.91. The molecule has 0 bridgehead atoms. The zero-order valence-corrected chi connectivity index (χ0v) is 16.5. The monoisotopic (exact) mass is 406 g/mol. The highest BCUT2D eigenvalue weighted by molar-refractivity contribution is 7.89. The Bertz CT molecular complexity index is 915. The minimum Gasteiger partial charge on any atom is -0.496 e. The number of amides is 1. The van der Waals surface area contributed by atoms with Gasteiger partial charge in [-0.3, -0.25) is 4.79 Å². The van der Waals surface area contributed by atoms with Crippen LogP contribution in [0.15, 0.2) is 47.4 Å². The molecule has 0 radical (unpaired) electrons. The summed E-state index contributed by atoms with van der Waals surface area (Å²) in [6, 6.07) is 11.1. The quantitative estimate of drug-likeness (QED) is 0.788. The average Bonchev–Trinajstić information content (AvgIpc) is 2.74. The molecule has 9 heteroatoms. The molecule has 0 saturated carbocycles. The number of methoxy groups -OCH3 is 2. The number of hydrogen-bond donors (Lipinski definition) is 1. The van der Waals surface area contributed by atoms with E-state index in [1.54, 1.807) is 30.3 Å². The lowest BCUT2D eigenvalue weighted by Crippen LogP contribution is -2.40.